The Morgan fingerprint density at radius 1 is 1.62 bits per heavy atom. The highest BCUT2D eigenvalue weighted by Gasteiger charge is 1.57. The molecule has 2 nitrogen and oxygen atoms in total. The molecule has 0 atom stereocenters. The molecule has 8 heavy (non-hydrogen) atoms. The first-order chi connectivity index (χ1) is 3.33. The molecule has 0 fully saturated rings. The van der Waals surface area contributed by atoms with Gasteiger partial charge in [-0.15, -0.1) is 6.58 Å². The highest BCUT2D eigenvalue weighted by atomic mass is 16.2. The lowest BCUT2D eigenvalue weighted by Gasteiger charge is -1.69. The van der Waals surface area contributed by atoms with Crippen LogP contribution in [0.1, 0.15) is 20.3 Å². The summed E-state index contributed by atoms with van der Waals surface area (Å²) in [5.74, 6) is 0. The smallest absolute Gasteiger partial charge is 0.0428 e. The van der Waals surface area contributed by atoms with Crippen LogP contribution in [-0.4, -0.2) is 17.2 Å². The van der Waals surface area contributed by atoms with Crippen LogP contribution in [0.5, 0.6) is 0 Å². The molecule has 3 N–H and O–H groups in total. The molecule has 2 heteroatoms. The standard InChI is InChI=1S/C3H8O.C3H6.H2O/c1-2-3-4;1-3-2;/h4H,2-3H2,1H3;3H,1H2,2H3;1H2. The van der Waals surface area contributed by atoms with Crippen LogP contribution < -0.4 is 0 Å². The van der Waals surface area contributed by atoms with Crippen molar-refractivity contribution in [3.05, 3.63) is 12.7 Å². The molecule has 0 rings (SSSR count). The van der Waals surface area contributed by atoms with Crippen molar-refractivity contribution in [2.24, 2.45) is 0 Å². The second-order valence-corrected chi connectivity index (χ2v) is 1.13. The van der Waals surface area contributed by atoms with Gasteiger partial charge in [0, 0.05) is 6.61 Å². The van der Waals surface area contributed by atoms with Crippen LogP contribution in [0.3, 0.4) is 0 Å². The Kier molecular flexibility index (Phi) is 59.0. The first-order valence-electron chi connectivity index (χ1n) is 2.51. The van der Waals surface area contributed by atoms with Crippen molar-refractivity contribution >= 4 is 0 Å². The predicted molar refractivity (Wildman–Crippen MR) is 36.9 cm³/mol. The molecule has 0 bridgehead atoms. The van der Waals surface area contributed by atoms with Gasteiger partial charge in [-0.3, -0.25) is 0 Å². The van der Waals surface area contributed by atoms with Crippen LogP contribution >= 0.6 is 0 Å². The minimum absolute atomic E-state index is 0. The molecule has 0 aromatic rings. The van der Waals surface area contributed by atoms with Gasteiger partial charge in [-0.05, 0) is 13.3 Å². The van der Waals surface area contributed by atoms with Gasteiger partial charge in [0.2, 0.25) is 0 Å². The summed E-state index contributed by atoms with van der Waals surface area (Å²) in [6.45, 7) is 7.50. The van der Waals surface area contributed by atoms with Gasteiger partial charge in [-0.25, -0.2) is 0 Å². The SMILES string of the molecule is C=CC.CCCO.O. The van der Waals surface area contributed by atoms with E-state index < -0.39 is 0 Å². The summed E-state index contributed by atoms with van der Waals surface area (Å²) in [5.41, 5.74) is 0. The number of hydrogen-bond acceptors (Lipinski definition) is 1. The molecule has 0 aromatic heterocycles. The summed E-state index contributed by atoms with van der Waals surface area (Å²) >= 11 is 0. The molecule has 0 heterocycles. The second kappa shape index (κ2) is 30.2. The van der Waals surface area contributed by atoms with E-state index in [9.17, 15) is 0 Å². The zero-order valence-electron chi connectivity index (χ0n) is 5.65. The van der Waals surface area contributed by atoms with E-state index in [-0.39, 0.29) is 5.48 Å². The first-order valence-corrected chi connectivity index (χ1v) is 2.51. The van der Waals surface area contributed by atoms with Crippen LogP contribution in [0, 0.1) is 0 Å². The fraction of sp³-hybridized carbons (Fsp3) is 0.667. The largest absolute Gasteiger partial charge is 0.412 e. The van der Waals surface area contributed by atoms with Crippen LogP contribution in [0.4, 0.5) is 0 Å². The van der Waals surface area contributed by atoms with E-state index in [1.54, 1.807) is 6.08 Å². The molecule has 0 unspecified atom stereocenters. The Morgan fingerprint density at radius 3 is 1.75 bits per heavy atom. The number of aliphatic hydroxyl groups is 1. The maximum Gasteiger partial charge on any atom is 0.0428 e. The molecule has 0 radical (unpaired) electrons. The van der Waals surface area contributed by atoms with E-state index in [2.05, 4.69) is 6.58 Å². The number of hydrogen-bond donors (Lipinski definition) is 1. The fourth-order valence-electron chi connectivity index (χ4n) is 0. The Morgan fingerprint density at radius 2 is 1.75 bits per heavy atom. The lowest BCUT2D eigenvalue weighted by molar-refractivity contribution is 0.295. The Balaban J connectivity index is -0.0000000575. The van der Waals surface area contributed by atoms with Crippen molar-refractivity contribution in [2.45, 2.75) is 20.3 Å². The first kappa shape index (κ1) is 15.6. The minimum atomic E-state index is 0. The molecule has 0 spiro atoms. The molecule has 52 valence electrons. The summed E-state index contributed by atoms with van der Waals surface area (Å²) in [6.07, 6.45) is 2.62. The molecule has 0 aliphatic rings. The summed E-state index contributed by atoms with van der Waals surface area (Å²) in [6, 6.07) is 0. The number of rotatable bonds is 1. The van der Waals surface area contributed by atoms with Gasteiger partial charge >= 0.3 is 0 Å². The summed E-state index contributed by atoms with van der Waals surface area (Å²) in [7, 11) is 0. The third-order valence-electron chi connectivity index (χ3n) is 0.224. The Hall–Kier alpha value is -0.340. The third kappa shape index (κ3) is 282. The quantitative estimate of drug-likeness (QED) is 0.510. The van der Waals surface area contributed by atoms with Crippen molar-refractivity contribution in [2.75, 3.05) is 6.61 Å². The van der Waals surface area contributed by atoms with Crippen molar-refractivity contribution < 1.29 is 10.6 Å². The van der Waals surface area contributed by atoms with Crippen LogP contribution in [0.15, 0.2) is 12.7 Å². The summed E-state index contributed by atoms with van der Waals surface area (Å²) in [5, 5.41) is 7.88. The highest BCUT2D eigenvalue weighted by Crippen LogP contribution is 1.61. The third-order valence-corrected chi connectivity index (χ3v) is 0.224. The van der Waals surface area contributed by atoms with E-state index in [1.165, 1.54) is 0 Å². The topological polar surface area (TPSA) is 51.7 Å². The monoisotopic (exact) mass is 120 g/mol. The Labute approximate surface area is 51.2 Å². The van der Waals surface area contributed by atoms with Gasteiger partial charge in [-0.2, -0.15) is 0 Å². The maximum atomic E-state index is 7.88. The van der Waals surface area contributed by atoms with Crippen LogP contribution in [-0.2, 0) is 0 Å². The predicted octanol–water partition coefficient (Wildman–Crippen LogP) is 0.756. The lowest BCUT2D eigenvalue weighted by atomic mass is 10.5. The van der Waals surface area contributed by atoms with Gasteiger partial charge in [0.15, 0.2) is 0 Å². The molecular weight excluding hydrogens is 104 g/mol. The van der Waals surface area contributed by atoms with Gasteiger partial charge in [0.1, 0.15) is 0 Å². The van der Waals surface area contributed by atoms with Gasteiger partial charge < -0.3 is 10.6 Å². The van der Waals surface area contributed by atoms with E-state index in [0.29, 0.717) is 6.61 Å². The van der Waals surface area contributed by atoms with Crippen LogP contribution in [0.2, 0.25) is 0 Å². The van der Waals surface area contributed by atoms with E-state index in [0.717, 1.165) is 6.42 Å². The molecular formula is C6H16O2. The molecule has 0 aliphatic carbocycles. The molecule has 0 amide bonds. The van der Waals surface area contributed by atoms with E-state index in [1.807, 2.05) is 13.8 Å². The maximum absolute atomic E-state index is 7.88. The lowest BCUT2D eigenvalue weighted by Crippen LogP contribution is -1.69. The summed E-state index contributed by atoms with van der Waals surface area (Å²) < 4.78 is 0. The zero-order chi connectivity index (χ0) is 6.12. The van der Waals surface area contributed by atoms with Crippen molar-refractivity contribution in [1.82, 2.24) is 0 Å². The van der Waals surface area contributed by atoms with Crippen molar-refractivity contribution in [3.63, 3.8) is 0 Å². The van der Waals surface area contributed by atoms with Crippen molar-refractivity contribution in [3.8, 4) is 0 Å². The van der Waals surface area contributed by atoms with Gasteiger partial charge in [-0.1, -0.05) is 13.0 Å². The zero-order valence-corrected chi connectivity index (χ0v) is 5.65. The minimum Gasteiger partial charge on any atom is -0.412 e. The van der Waals surface area contributed by atoms with Gasteiger partial charge in [0.25, 0.3) is 0 Å². The number of allylic oxidation sites excluding steroid dienone is 1. The van der Waals surface area contributed by atoms with Crippen LogP contribution in [0.25, 0.3) is 0 Å². The van der Waals surface area contributed by atoms with Gasteiger partial charge in [0.05, 0.1) is 0 Å². The molecule has 0 aromatic carbocycles. The highest BCUT2D eigenvalue weighted by molar-refractivity contribution is 4.51. The molecule has 0 saturated heterocycles. The fourth-order valence-corrected chi connectivity index (χ4v) is 0. The number of aliphatic hydroxyl groups excluding tert-OH is 1. The average Bonchev–Trinajstić information content (AvgIpc) is 1.69. The second-order valence-electron chi connectivity index (χ2n) is 1.13. The molecule has 0 saturated carbocycles. The van der Waals surface area contributed by atoms with E-state index >= 15 is 0 Å². The normalized spacial score (nSPS) is 5.38. The Bertz CT molecular complexity index is 25.7. The average molecular weight is 120 g/mol. The van der Waals surface area contributed by atoms with E-state index in [4.69, 9.17) is 5.11 Å². The van der Waals surface area contributed by atoms with Crippen molar-refractivity contribution in [1.29, 1.82) is 0 Å². The summed E-state index contributed by atoms with van der Waals surface area (Å²) in [4.78, 5) is 0. The molecule has 0 aliphatic heterocycles.